The molecule has 144 valence electrons. The van der Waals surface area contributed by atoms with Gasteiger partial charge in [-0.05, 0) is 30.5 Å². The Labute approximate surface area is 161 Å². The predicted molar refractivity (Wildman–Crippen MR) is 104 cm³/mol. The first-order valence-electron chi connectivity index (χ1n) is 9.24. The summed E-state index contributed by atoms with van der Waals surface area (Å²) in [6, 6.07) is 7.82. The number of aryl methyl sites for hydroxylation is 1. The number of aliphatic hydroxyl groups is 1. The molecule has 27 heavy (non-hydrogen) atoms. The number of ether oxygens (including phenoxy) is 1. The van der Waals surface area contributed by atoms with Gasteiger partial charge in [0.05, 0.1) is 24.1 Å². The number of fused-ring (bicyclic) bond motifs is 1. The number of benzene rings is 1. The van der Waals surface area contributed by atoms with Gasteiger partial charge in [-0.1, -0.05) is 30.4 Å². The minimum Gasteiger partial charge on any atom is -0.497 e. The lowest BCUT2D eigenvalue weighted by atomic mass is 9.99. The molecule has 3 heterocycles. The van der Waals surface area contributed by atoms with E-state index in [1.807, 2.05) is 31.2 Å². The summed E-state index contributed by atoms with van der Waals surface area (Å²) in [4.78, 5) is 8.34. The molecule has 8 heteroatoms. The maximum atomic E-state index is 10.9. The molecule has 0 amide bonds. The van der Waals surface area contributed by atoms with E-state index >= 15 is 0 Å². The highest BCUT2D eigenvalue weighted by molar-refractivity contribution is 7.17. The van der Waals surface area contributed by atoms with Gasteiger partial charge in [0.2, 0.25) is 10.8 Å². The Balaban J connectivity index is 1.77. The van der Waals surface area contributed by atoms with Gasteiger partial charge in [0, 0.05) is 19.5 Å². The van der Waals surface area contributed by atoms with Crippen LogP contribution in [0.3, 0.4) is 0 Å². The van der Waals surface area contributed by atoms with E-state index in [1.54, 1.807) is 7.11 Å². The molecule has 0 bridgehead atoms. The molecule has 1 aliphatic rings. The third kappa shape index (κ3) is 3.40. The molecule has 2 aromatic heterocycles. The van der Waals surface area contributed by atoms with Crippen molar-refractivity contribution < 1.29 is 14.9 Å². The Hall–Kier alpha value is -2.16. The number of piperidine rings is 1. The van der Waals surface area contributed by atoms with Gasteiger partial charge in [-0.15, -0.1) is 5.10 Å². The van der Waals surface area contributed by atoms with Gasteiger partial charge in [0.25, 0.3) is 0 Å². The zero-order valence-electron chi connectivity index (χ0n) is 15.5. The number of thiazole rings is 1. The molecule has 0 aliphatic carbocycles. The zero-order valence-corrected chi connectivity index (χ0v) is 16.3. The molecule has 4 rings (SSSR count). The average molecular weight is 388 g/mol. The van der Waals surface area contributed by atoms with Crippen LogP contribution in [0.1, 0.15) is 42.1 Å². The molecular formula is C19H24N4O3S. The van der Waals surface area contributed by atoms with Gasteiger partial charge in [0.1, 0.15) is 5.75 Å². The molecule has 0 spiro atoms. The first kappa shape index (κ1) is 18.2. The summed E-state index contributed by atoms with van der Waals surface area (Å²) in [5.74, 6) is 1.67. The van der Waals surface area contributed by atoms with Gasteiger partial charge in [-0.3, -0.25) is 4.90 Å². The highest BCUT2D eigenvalue weighted by Gasteiger charge is 2.31. The van der Waals surface area contributed by atoms with E-state index in [-0.39, 0.29) is 18.0 Å². The van der Waals surface area contributed by atoms with Crippen molar-refractivity contribution in [3.63, 3.8) is 0 Å². The molecule has 3 aromatic rings. The second-order valence-corrected chi connectivity index (χ2v) is 7.82. The largest absolute Gasteiger partial charge is 0.497 e. The Morgan fingerprint density at radius 1 is 1.26 bits per heavy atom. The number of methoxy groups -OCH3 is 1. The molecule has 1 fully saturated rings. The lowest BCUT2D eigenvalue weighted by Crippen LogP contribution is -2.38. The van der Waals surface area contributed by atoms with Gasteiger partial charge >= 0.3 is 0 Å². The van der Waals surface area contributed by atoms with Crippen molar-refractivity contribution in [1.82, 2.24) is 19.5 Å². The molecule has 1 atom stereocenters. The molecular weight excluding hydrogens is 364 g/mol. The summed E-state index contributed by atoms with van der Waals surface area (Å²) in [6.45, 7) is 3.53. The fourth-order valence-electron chi connectivity index (χ4n) is 3.58. The summed E-state index contributed by atoms with van der Waals surface area (Å²) in [5.41, 5.74) is 1.07. The van der Waals surface area contributed by atoms with Gasteiger partial charge in [0.15, 0.2) is 5.82 Å². The summed E-state index contributed by atoms with van der Waals surface area (Å²) in [7, 11) is 1.65. The van der Waals surface area contributed by atoms with Gasteiger partial charge < -0.3 is 14.9 Å². The fraction of sp³-hybridized carbons (Fsp3) is 0.474. The Morgan fingerprint density at radius 3 is 2.56 bits per heavy atom. The second-order valence-electron chi connectivity index (χ2n) is 6.81. The second kappa shape index (κ2) is 7.46. The Morgan fingerprint density at radius 2 is 1.96 bits per heavy atom. The van der Waals surface area contributed by atoms with Crippen LogP contribution in [-0.2, 0) is 6.42 Å². The fourth-order valence-corrected chi connectivity index (χ4v) is 4.71. The minimum atomic E-state index is -0.249. The maximum Gasteiger partial charge on any atom is 0.230 e. The number of likely N-dealkylation sites (tertiary alicyclic amines) is 1. The molecule has 0 radical (unpaired) electrons. The van der Waals surface area contributed by atoms with Gasteiger partial charge in [-0.2, -0.15) is 4.52 Å². The third-order valence-corrected chi connectivity index (χ3v) is 6.18. The first-order chi connectivity index (χ1) is 13.1. The van der Waals surface area contributed by atoms with Crippen LogP contribution in [0.4, 0.5) is 0 Å². The summed E-state index contributed by atoms with van der Waals surface area (Å²) in [5, 5.41) is 25.2. The van der Waals surface area contributed by atoms with Crippen molar-refractivity contribution in [2.24, 2.45) is 0 Å². The van der Waals surface area contributed by atoms with Crippen molar-refractivity contribution >= 4 is 16.3 Å². The molecule has 0 saturated carbocycles. The molecule has 1 aliphatic heterocycles. The normalized spacial score (nSPS) is 17.4. The van der Waals surface area contributed by atoms with Crippen LogP contribution in [0, 0.1) is 0 Å². The number of aromatic hydroxyl groups is 1. The van der Waals surface area contributed by atoms with Crippen LogP contribution in [0.5, 0.6) is 11.6 Å². The van der Waals surface area contributed by atoms with Crippen molar-refractivity contribution in [2.45, 2.75) is 38.3 Å². The van der Waals surface area contributed by atoms with Gasteiger partial charge in [-0.25, -0.2) is 4.98 Å². The van der Waals surface area contributed by atoms with E-state index in [0.29, 0.717) is 4.96 Å². The molecule has 2 N–H and O–H groups in total. The molecule has 1 unspecified atom stereocenters. The summed E-state index contributed by atoms with van der Waals surface area (Å²) >= 11 is 1.47. The van der Waals surface area contributed by atoms with E-state index in [4.69, 9.17) is 4.74 Å². The quantitative estimate of drug-likeness (QED) is 0.699. The van der Waals surface area contributed by atoms with Crippen molar-refractivity contribution in [2.75, 3.05) is 20.2 Å². The minimum absolute atomic E-state index is 0.109. The van der Waals surface area contributed by atoms with Crippen LogP contribution >= 0.6 is 11.3 Å². The number of aromatic nitrogens is 3. The van der Waals surface area contributed by atoms with E-state index < -0.39 is 0 Å². The summed E-state index contributed by atoms with van der Waals surface area (Å²) in [6.07, 6.45) is 1.94. The third-order valence-electron chi connectivity index (χ3n) is 5.10. The van der Waals surface area contributed by atoms with Crippen LogP contribution < -0.4 is 4.74 Å². The smallest absolute Gasteiger partial charge is 0.230 e. The first-order valence-corrected chi connectivity index (χ1v) is 10.1. The van der Waals surface area contributed by atoms with E-state index in [0.717, 1.165) is 54.4 Å². The van der Waals surface area contributed by atoms with E-state index in [9.17, 15) is 10.2 Å². The number of nitrogens with zero attached hydrogens (tertiary/aromatic N) is 4. The molecule has 7 nitrogen and oxygen atoms in total. The Bertz CT molecular complexity index is 913. The number of hydrogen-bond donors (Lipinski definition) is 2. The standard InChI is InChI=1S/C19H24N4O3S/c1-3-15-20-19-23(21-15)18(25)17(27-19)16(22-10-8-13(24)9-11-22)12-4-6-14(26-2)7-5-12/h4-7,13,16,24-25H,3,8-11H2,1-2H3. The zero-order chi connectivity index (χ0) is 19.0. The maximum absolute atomic E-state index is 10.9. The topological polar surface area (TPSA) is 83.1 Å². The highest BCUT2D eigenvalue weighted by Crippen LogP contribution is 2.41. The van der Waals surface area contributed by atoms with Crippen molar-refractivity contribution in [3.8, 4) is 11.6 Å². The van der Waals surface area contributed by atoms with Crippen LogP contribution in [0.15, 0.2) is 24.3 Å². The average Bonchev–Trinajstić information content (AvgIpc) is 3.23. The molecule has 1 aromatic carbocycles. The predicted octanol–water partition coefficient (Wildman–Crippen LogP) is 2.61. The molecule has 1 saturated heterocycles. The number of hydrogen-bond acceptors (Lipinski definition) is 7. The van der Waals surface area contributed by atoms with Crippen LogP contribution in [-0.4, -0.2) is 56.0 Å². The van der Waals surface area contributed by atoms with Crippen LogP contribution in [0.2, 0.25) is 0 Å². The Kier molecular flexibility index (Phi) is 5.03. The van der Waals surface area contributed by atoms with E-state index in [1.165, 1.54) is 15.9 Å². The van der Waals surface area contributed by atoms with Crippen molar-refractivity contribution in [1.29, 1.82) is 0 Å². The number of rotatable bonds is 5. The SMILES string of the molecule is CCc1nc2sc(C(c3ccc(OC)cc3)N3CCC(O)CC3)c(O)n2n1. The highest BCUT2D eigenvalue weighted by atomic mass is 32.1. The lowest BCUT2D eigenvalue weighted by Gasteiger charge is -2.36. The number of aliphatic hydroxyl groups excluding tert-OH is 1. The van der Waals surface area contributed by atoms with Crippen molar-refractivity contribution in [3.05, 3.63) is 40.5 Å². The lowest BCUT2D eigenvalue weighted by molar-refractivity contribution is 0.0689. The monoisotopic (exact) mass is 388 g/mol. The van der Waals surface area contributed by atoms with E-state index in [2.05, 4.69) is 15.0 Å². The van der Waals surface area contributed by atoms with Crippen LogP contribution in [0.25, 0.3) is 4.96 Å². The summed E-state index contributed by atoms with van der Waals surface area (Å²) < 4.78 is 6.82.